The highest BCUT2D eigenvalue weighted by atomic mass is 35.5. The minimum atomic E-state index is 0.161. The van der Waals surface area contributed by atoms with Gasteiger partial charge >= 0.3 is 0 Å². The lowest BCUT2D eigenvalue weighted by molar-refractivity contribution is 0.435. The average molecular weight is 265 g/mol. The van der Waals surface area contributed by atoms with Gasteiger partial charge in [-0.05, 0) is 57.5 Å². The number of rotatable bonds is 0. The van der Waals surface area contributed by atoms with Crippen molar-refractivity contribution in [2.24, 2.45) is 0 Å². The minimum absolute atomic E-state index is 0.161. The van der Waals surface area contributed by atoms with E-state index in [1.54, 1.807) is 0 Å². The molecule has 0 aromatic heterocycles. The van der Waals surface area contributed by atoms with E-state index < -0.39 is 0 Å². The second-order valence-electron chi connectivity index (χ2n) is 6.63. The maximum atomic E-state index is 6.21. The SMILES string of the molecule is CC(C)(C)N1CC2(CCNC2)c2cc(Cl)ccc21. The summed E-state index contributed by atoms with van der Waals surface area (Å²) in [4.78, 5) is 2.53. The summed E-state index contributed by atoms with van der Waals surface area (Å²) in [5.74, 6) is 0. The highest BCUT2D eigenvalue weighted by Gasteiger charge is 2.47. The third kappa shape index (κ3) is 1.74. The van der Waals surface area contributed by atoms with E-state index in [1.165, 1.54) is 17.7 Å². The molecule has 1 unspecified atom stereocenters. The number of halogens is 1. The quantitative estimate of drug-likeness (QED) is 0.774. The van der Waals surface area contributed by atoms with Crippen molar-refractivity contribution in [1.82, 2.24) is 5.32 Å². The number of hydrogen-bond donors (Lipinski definition) is 1. The van der Waals surface area contributed by atoms with Gasteiger partial charge in [0.05, 0.1) is 0 Å². The molecule has 98 valence electrons. The molecule has 1 spiro atoms. The number of fused-ring (bicyclic) bond motifs is 2. The topological polar surface area (TPSA) is 15.3 Å². The van der Waals surface area contributed by atoms with E-state index in [-0.39, 0.29) is 11.0 Å². The molecule has 1 atom stereocenters. The van der Waals surface area contributed by atoms with E-state index >= 15 is 0 Å². The van der Waals surface area contributed by atoms with Gasteiger partial charge in [0.15, 0.2) is 0 Å². The highest BCUT2D eigenvalue weighted by molar-refractivity contribution is 6.30. The smallest absolute Gasteiger partial charge is 0.0411 e. The van der Waals surface area contributed by atoms with Crippen molar-refractivity contribution in [2.75, 3.05) is 24.5 Å². The highest BCUT2D eigenvalue weighted by Crippen LogP contribution is 2.47. The predicted octanol–water partition coefficient (Wildman–Crippen LogP) is 3.19. The van der Waals surface area contributed by atoms with E-state index in [4.69, 9.17) is 11.6 Å². The minimum Gasteiger partial charge on any atom is -0.366 e. The molecule has 3 heteroatoms. The molecule has 1 aromatic rings. The van der Waals surface area contributed by atoms with Crippen LogP contribution in [0.1, 0.15) is 32.8 Å². The lowest BCUT2D eigenvalue weighted by Gasteiger charge is -2.36. The second kappa shape index (κ2) is 3.88. The number of nitrogens with one attached hydrogen (secondary N) is 1. The first kappa shape index (κ1) is 12.3. The van der Waals surface area contributed by atoms with Gasteiger partial charge in [0.25, 0.3) is 0 Å². The summed E-state index contributed by atoms with van der Waals surface area (Å²) in [5, 5.41) is 4.37. The van der Waals surface area contributed by atoms with Gasteiger partial charge in [-0.1, -0.05) is 11.6 Å². The fourth-order valence-electron chi connectivity index (χ4n) is 3.35. The fraction of sp³-hybridized carbons (Fsp3) is 0.600. The Bertz CT molecular complexity index is 470. The zero-order valence-corrected chi connectivity index (χ0v) is 12.1. The van der Waals surface area contributed by atoms with Crippen molar-refractivity contribution in [3.05, 3.63) is 28.8 Å². The molecule has 1 fully saturated rings. The van der Waals surface area contributed by atoms with E-state index in [0.29, 0.717) is 0 Å². The Hall–Kier alpha value is -0.730. The molecule has 2 heterocycles. The molecule has 0 saturated carbocycles. The van der Waals surface area contributed by atoms with E-state index in [9.17, 15) is 0 Å². The lowest BCUT2D eigenvalue weighted by atomic mass is 9.81. The van der Waals surface area contributed by atoms with E-state index in [1.807, 2.05) is 6.07 Å². The van der Waals surface area contributed by atoms with Crippen LogP contribution in [0.2, 0.25) is 5.02 Å². The second-order valence-corrected chi connectivity index (χ2v) is 7.06. The van der Waals surface area contributed by atoms with Crippen LogP contribution >= 0.6 is 11.6 Å². The van der Waals surface area contributed by atoms with Crippen LogP contribution in [-0.2, 0) is 5.41 Å². The molecule has 0 amide bonds. The molecule has 1 N–H and O–H groups in total. The number of benzene rings is 1. The third-order valence-corrected chi connectivity index (χ3v) is 4.57. The van der Waals surface area contributed by atoms with Crippen molar-refractivity contribution < 1.29 is 0 Å². The summed E-state index contributed by atoms with van der Waals surface area (Å²) in [5.41, 5.74) is 3.24. The summed E-state index contributed by atoms with van der Waals surface area (Å²) in [7, 11) is 0. The van der Waals surface area contributed by atoms with Crippen LogP contribution in [0.3, 0.4) is 0 Å². The third-order valence-electron chi connectivity index (χ3n) is 4.33. The molecular weight excluding hydrogens is 244 g/mol. The lowest BCUT2D eigenvalue weighted by Crippen LogP contribution is -2.44. The summed E-state index contributed by atoms with van der Waals surface area (Å²) in [6, 6.07) is 6.38. The van der Waals surface area contributed by atoms with Crippen molar-refractivity contribution in [1.29, 1.82) is 0 Å². The first-order chi connectivity index (χ1) is 8.42. The molecule has 0 aliphatic carbocycles. The molecule has 1 saturated heterocycles. The zero-order valence-electron chi connectivity index (χ0n) is 11.4. The summed E-state index contributed by atoms with van der Waals surface area (Å²) in [6.45, 7) is 10.2. The maximum absolute atomic E-state index is 6.21. The molecule has 2 aliphatic rings. The Morgan fingerprint density at radius 2 is 2.11 bits per heavy atom. The molecule has 2 nitrogen and oxygen atoms in total. The van der Waals surface area contributed by atoms with Gasteiger partial charge in [0.2, 0.25) is 0 Å². The summed E-state index contributed by atoms with van der Waals surface area (Å²) >= 11 is 6.21. The van der Waals surface area contributed by atoms with Gasteiger partial charge in [-0.25, -0.2) is 0 Å². The number of nitrogens with zero attached hydrogens (tertiary/aromatic N) is 1. The molecular formula is C15H21ClN2. The van der Waals surface area contributed by atoms with Gasteiger partial charge in [0, 0.05) is 34.8 Å². The molecule has 0 bridgehead atoms. The van der Waals surface area contributed by atoms with Crippen LogP contribution in [0.5, 0.6) is 0 Å². The molecule has 0 radical (unpaired) electrons. The van der Waals surface area contributed by atoms with E-state index in [2.05, 4.69) is 43.1 Å². The summed E-state index contributed by atoms with van der Waals surface area (Å²) in [6.07, 6.45) is 1.22. The molecule has 18 heavy (non-hydrogen) atoms. The van der Waals surface area contributed by atoms with Crippen LogP contribution < -0.4 is 10.2 Å². The van der Waals surface area contributed by atoms with Crippen molar-refractivity contribution >= 4 is 17.3 Å². The van der Waals surface area contributed by atoms with Crippen LogP contribution in [0, 0.1) is 0 Å². The van der Waals surface area contributed by atoms with Crippen molar-refractivity contribution in [3.8, 4) is 0 Å². The van der Waals surface area contributed by atoms with Crippen LogP contribution in [0.15, 0.2) is 18.2 Å². The van der Waals surface area contributed by atoms with Crippen molar-refractivity contribution in [2.45, 2.75) is 38.1 Å². The van der Waals surface area contributed by atoms with Gasteiger partial charge in [-0.15, -0.1) is 0 Å². The van der Waals surface area contributed by atoms with Crippen molar-refractivity contribution in [3.63, 3.8) is 0 Å². The first-order valence-electron chi connectivity index (χ1n) is 6.71. The Balaban J connectivity index is 2.13. The Kier molecular flexibility index (Phi) is 2.65. The standard InChI is InChI=1S/C15H21ClN2/c1-14(2,3)18-10-15(6-7-17-9-15)12-8-11(16)4-5-13(12)18/h4-5,8,17H,6-7,9-10H2,1-3H3. The average Bonchev–Trinajstić information content (AvgIpc) is 2.86. The van der Waals surface area contributed by atoms with Crippen LogP contribution in [0.25, 0.3) is 0 Å². The normalized spacial score (nSPS) is 27.0. The number of anilines is 1. The Morgan fingerprint density at radius 3 is 2.72 bits per heavy atom. The monoisotopic (exact) mass is 264 g/mol. The van der Waals surface area contributed by atoms with Crippen LogP contribution in [0.4, 0.5) is 5.69 Å². The van der Waals surface area contributed by atoms with Gasteiger partial charge < -0.3 is 10.2 Å². The summed E-state index contributed by atoms with van der Waals surface area (Å²) < 4.78 is 0. The maximum Gasteiger partial charge on any atom is 0.0411 e. The molecule has 3 rings (SSSR count). The van der Waals surface area contributed by atoms with Crippen LogP contribution in [-0.4, -0.2) is 25.2 Å². The van der Waals surface area contributed by atoms with Gasteiger partial charge in [-0.3, -0.25) is 0 Å². The number of hydrogen-bond acceptors (Lipinski definition) is 2. The fourth-order valence-corrected chi connectivity index (χ4v) is 3.52. The Labute approximate surface area is 114 Å². The first-order valence-corrected chi connectivity index (χ1v) is 7.09. The van der Waals surface area contributed by atoms with Gasteiger partial charge in [-0.2, -0.15) is 0 Å². The largest absolute Gasteiger partial charge is 0.366 e. The predicted molar refractivity (Wildman–Crippen MR) is 77.7 cm³/mol. The van der Waals surface area contributed by atoms with Gasteiger partial charge in [0.1, 0.15) is 0 Å². The molecule has 2 aliphatic heterocycles. The Morgan fingerprint density at radius 1 is 1.33 bits per heavy atom. The molecule has 1 aromatic carbocycles. The van der Waals surface area contributed by atoms with E-state index in [0.717, 1.165) is 24.7 Å². The zero-order chi connectivity index (χ0) is 13.0.